The summed E-state index contributed by atoms with van der Waals surface area (Å²) in [5, 5.41) is 9.36. The summed E-state index contributed by atoms with van der Waals surface area (Å²) in [6.45, 7) is 2.94. The predicted octanol–water partition coefficient (Wildman–Crippen LogP) is 2.55. The minimum absolute atomic E-state index is 0.466. The van der Waals surface area contributed by atoms with E-state index in [1.807, 2.05) is 53.2 Å². The van der Waals surface area contributed by atoms with Gasteiger partial charge in [0.1, 0.15) is 18.0 Å². The van der Waals surface area contributed by atoms with E-state index in [1.165, 1.54) is 6.33 Å². The van der Waals surface area contributed by atoms with Crippen LogP contribution < -0.4 is 9.80 Å². The van der Waals surface area contributed by atoms with E-state index in [9.17, 15) is 9.90 Å². The fourth-order valence-electron chi connectivity index (χ4n) is 2.81. The standard InChI is InChI=1S/C17H20N4O2/c1-17(16(22)23)8-9-21(11-17)15-10-14(18-12-19-15)20(2)13-6-4-3-5-7-13/h3-7,10,12H,8-9,11H2,1-2H3,(H,22,23). The zero-order valence-corrected chi connectivity index (χ0v) is 13.3. The number of carboxylic acids is 1. The number of hydrogen-bond donors (Lipinski definition) is 1. The summed E-state index contributed by atoms with van der Waals surface area (Å²) in [5.74, 6) is 0.795. The normalized spacial score (nSPS) is 20.5. The zero-order chi connectivity index (χ0) is 16.4. The van der Waals surface area contributed by atoms with Crippen LogP contribution in [0.4, 0.5) is 17.3 Å². The molecule has 1 unspecified atom stereocenters. The van der Waals surface area contributed by atoms with Crippen molar-refractivity contribution in [2.75, 3.05) is 29.9 Å². The highest BCUT2D eigenvalue weighted by Crippen LogP contribution is 2.33. The molecule has 1 saturated heterocycles. The number of nitrogens with zero attached hydrogens (tertiary/aromatic N) is 4. The molecule has 6 heteroatoms. The Balaban J connectivity index is 1.83. The molecule has 1 aromatic carbocycles. The van der Waals surface area contributed by atoms with Crippen LogP contribution in [0.3, 0.4) is 0 Å². The summed E-state index contributed by atoms with van der Waals surface area (Å²) >= 11 is 0. The number of benzene rings is 1. The van der Waals surface area contributed by atoms with E-state index in [0.29, 0.717) is 19.5 Å². The Morgan fingerprint density at radius 3 is 2.70 bits per heavy atom. The van der Waals surface area contributed by atoms with Gasteiger partial charge in [0.2, 0.25) is 0 Å². The highest BCUT2D eigenvalue weighted by atomic mass is 16.4. The van der Waals surface area contributed by atoms with Crippen LogP contribution in [-0.4, -0.2) is 41.2 Å². The molecule has 0 spiro atoms. The molecule has 120 valence electrons. The molecule has 1 N–H and O–H groups in total. The summed E-state index contributed by atoms with van der Waals surface area (Å²) in [5.41, 5.74) is 0.324. The van der Waals surface area contributed by atoms with Crippen molar-refractivity contribution in [3.63, 3.8) is 0 Å². The summed E-state index contributed by atoms with van der Waals surface area (Å²) < 4.78 is 0. The predicted molar refractivity (Wildman–Crippen MR) is 89.1 cm³/mol. The molecule has 1 aliphatic heterocycles. The smallest absolute Gasteiger partial charge is 0.311 e. The van der Waals surface area contributed by atoms with Crippen molar-refractivity contribution in [3.05, 3.63) is 42.7 Å². The first-order valence-corrected chi connectivity index (χ1v) is 7.59. The highest BCUT2D eigenvalue weighted by Gasteiger charge is 2.41. The SMILES string of the molecule is CN(c1ccccc1)c1cc(N2CCC(C)(C(=O)O)C2)ncn1. The molecule has 0 amide bonds. The summed E-state index contributed by atoms with van der Waals surface area (Å²) in [7, 11) is 1.95. The van der Waals surface area contributed by atoms with Crippen LogP contribution in [0.1, 0.15) is 13.3 Å². The molecule has 1 aromatic heterocycles. The number of anilines is 3. The number of aliphatic carboxylic acids is 1. The molecule has 2 aromatic rings. The minimum Gasteiger partial charge on any atom is -0.481 e. The fraction of sp³-hybridized carbons (Fsp3) is 0.353. The van der Waals surface area contributed by atoms with Crippen LogP contribution in [0, 0.1) is 5.41 Å². The van der Waals surface area contributed by atoms with Gasteiger partial charge in [-0.2, -0.15) is 0 Å². The topological polar surface area (TPSA) is 69.6 Å². The molecule has 1 fully saturated rings. The van der Waals surface area contributed by atoms with E-state index < -0.39 is 11.4 Å². The second-order valence-electron chi connectivity index (χ2n) is 6.17. The Morgan fingerprint density at radius 2 is 2.04 bits per heavy atom. The van der Waals surface area contributed by atoms with Gasteiger partial charge in [0.05, 0.1) is 5.41 Å². The van der Waals surface area contributed by atoms with Gasteiger partial charge in [-0.3, -0.25) is 4.79 Å². The molecular weight excluding hydrogens is 292 g/mol. The summed E-state index contributed by atoms with van der Waals surface area (Å²) in [6.07, 6.45) is 2.15. The number of hydrogen-bond acceptors (Lipinski definition) is 5. The van der Waals surface area contributed by atoms with Crippen LogP contribution in [0.15, 0.2) is 42.7 Å². The molecular formula is C17H20N4O2. The number of aromatic nitrogens is 2. The van der Waals surface area contributed by atoms with Crippen molar-refractivity contribution in [2.24, 2.45) is 5.41 Å². The first-order chi connectivity index (χ1) is 11.0. The lowest BCUT2D eigenvalue weighted by atomic mass is 9.90. The largest absolute Gasteiger partial charge is 0.481 e. The van der Waals surface area contributed by atoms with Gasteiger partial charge in [0.25, 0.3) is 0 Å². The van der Waals surface area contributed by atoms with Crippen molar-refractivity contribution in [1.82, 2.24) is 9.97 Å². The molecule has 1 aliphatic rings. The van der Waals surface area contributed by atoms with Gasteiger partial charge >= 0.3 is 5.97 Å². The lowest BCUT2D eigenvalue weighted by molar-refractivity contribution is -0.146. The van der Waals surface area contributed by atoms with E-state index in [1.54, 1.807) is 6.92 Å². The molecule has 2 heterocycles. The zero-order valence-electron chi connectivity index (χ0n) is 13.3. The fourth-order valence-corrected chi connectivity index (χ4v) is 2.81. The Labute approximate surface area is 135 Å². The third-order valence-electron chi connectivity index (χ3n) is 4.44. The first kappa shape index (κ1) is 15.3. The molecule has 0 aliphatic carbocycles. The lowest BCUT2D eigenvalue weighted by Gasteiger charge is -2.23. The van der Waals surface area contributed by atoms with E-state index in [-0.39, 0.29) is 0 Å². The van der Waals surface area contributed by atoms with E-state index >= 15 is 0 Å². The van der Waals surface area contributed by atoms with Crippen molar-refractivity contribution in [1.29, 1.82) is 0 Å². The van der Waals surface area contributed by atoms with Gasteiger partial charge in [-0.25, -0.2) is 9.97 Å². The third kappa shape index (κ3) is 2.97. The van der Waals surface area contributed by atoms with Crippen LogP contribution in [0.25, 0.3) is 0 Å². The van der Waals surface area contributed by atoms with Crippen LogP contribution in [0.5, 0.6) is 0 Å². The number of carbonyl (C=O) groups is 1. The average Bonchev–Trinajstić information content (AvgIpc) is 2.99. The monoisotopic (exact) mass is 312 g/mol. The molecule has 3 rings (SSSR count). The highest BCUT2D eigenvalue weighted by molar-refractivity contribution is 5.76. The van der Waals surface area contributed by atoms with Gasteiger partial charge in [0.15, 0.2) is 0 Å². The lowest BCUT2D eigenvalue weighted by Crippen LogP contribution is -2.32. The minimum atomic E-state index is -0.754. The van der Waals surface area contributed by atoms with Crippen LogP contribution >= 0.6 is 0 Å². The van der Waals surface area contributed by atoms with Gasteiger partial charge in [-0.1, -0.05) is 18.2 Å². The molecule has 0 radical (unpaired) electrons. The van der Waals surface area contributed by atoms with Crippen molar-refractivity contribution in [2.45, 2.75) is 13.3 Å². The van der Waals surface area contributed by atoms with Gasteiger partial charge in [-0.15, -0.1) is 0 Å². The summed E-state index contributed by atoms with van der Waals surface area (Å²) in [6, 6.07) is 11.9. The Morgan fingerprint density at radius 1 is 1.30 bits per heavy atom. The van der Waals surface area contributed by atoms with Crippen LogP contribution in [0.2, 0.25) is 0 Å². The maximum Gasteiger partial charge on any atom is 0.311 e. The second-order valence-corrected chi connectivity index (χ2v) is 6.17. The molecule has 23 heavy (non-hydrogen) atoms. The summed E-state index contributed by atoms with van der Waals surface area (Å²) in [4.78, 5) is 24.0. The van der Waals surface area contributed by atoms with Crippen molar-refractivity contribution < 1.29 is 9.90 Å². The van der Waals surface area contributed by atoms with Gasteiger partial charge in [0, 0.05) is 31.9 Å². The molecule has 0 bridgehead atoms. The maximum absolute atomic E-state index is 11.4. The van der Waals surface area contributed by atoms with Crippen LogP contribution in [-0.2, 0) is 4.79 Å². The van der Waals surface area contributed by atoms with E-state index in [2.05, 4.69) is 9.97 Å². The first-order valence-electron chi connectivity index (χ1n) is 7.59. The Kier molecular flexibility index (Phi) is 3.90. The van der Waals surface area contributed by atoms with E-state index in [4.69, 9.17) is 0 Å². The number of rotatable bonds is 4. The number of para-hydroxylation sites is 1. The van der Waals surface area contributed by atoms with Gasteiger partial charge < -0.3 is 14.9 Å². The third-order valence-corrected chi connectivity index (χ3v) is 4.44. The van der Waals surface area contributed by atoms with Gasteiger partial charge in [-0.05, 0) is 25.5 Å². The second kappa shape index (κ2) is 5.87. The number of carboxylic acid groups (broad SMARTS) is 1. The molecule has 1 atom stereocenters. The Bertz CT molecular complexity index is 707. The quantitative estimate of drug-likeness (QED) is 0.935. The molecule has 6 nitrogen and oxygen atoms in total. The average molecular weight is 312 g/mol. The van der Waals surface area contributed by atoms with Crippen molar-refractivity contribution in [3.8, 4) is 0 Å². The van der Waals surface area contributed by atoms with Crippen molar-refractivity contribution >= 4 is 23.3 Å². The Hall–Kier alpha value is -2.63. The maximum atomic E-state index is 11.4. The molecule has 0 saturated carbocycles. The van der Waals surface area contributed by atoms with E-state index in [0.717, 1.165) is 17.3 Å².